The number of anilines is 1. The smallest absolute Gasteiger partial charge is 0.339 e. The quantitative estimate of drug-likeness (QED) is 0.674. The molecule has 1 fully saturated rings. The Labute approximate surface area is 180 Å². The summed E-state index contributed by atoms with van der Waals surface area (Å²) in [6, 6.07) is 8.99. The van der Waals surface area contributed by atoms with Gasteiger partial charge in [-0.15, -0.1) is 0 Å². The monoisotopic (exact) mass is 447 g/mol. The highest BCUT2D eigenvalue weighted by molar-refractivity contribution is 7.89. The highest BCUT2D eigenvalue weighted by Crippen LogP contribution is 2.22. The molecule has 2 aromatic rings. The zero-order valence-corrected chi connectivity index (χ0v) is 18.2. The molecule has 3 rings (SSSR count). The average Bonchev–Trinajstić information content (AvgIpc) is 2.75. The number of esters is 1. The van der Waals surface area contributed by atoms with Crippen LogP contribution in [0.1, 0.15) is 30.1 Å². The van der Waals surface area contributed by atoms with Gasteiger partial charge in [-0.25, -0.2) is 13.2 Å². The molecule has 9 nitrogen and oxygen atoms in total. The highest BCUT2D eigenvalue weighted by atomic mass is 32.2. The van der Waals surface area contributed by atoms with Crippen LogP contribution in [0, 0.1) is 5.92 Å². The van der Waals surface area contributed by atoms with Crippen LogP contribution >= 0.6 is 0 Å². The minimum atomic E-state index is -3.95. The summed E-state index contributed by atoms with van der Waals surface area (Å²) in [5, 5.41) is 2.57. The molecule has 1 aliphatic rings. The van der Waals surface area contributed by atoms with Crippen molar-refractivity contribution in [3.05, 3.63) is 58.5 Å². The van der Waals surface area contributed by atoms with Crippen molar-refractivity contribution in [1.82, 2.24) is 8.87 Å². The third-order valence-corrected chi connectivity index (χ3v) is 7.18. The van der Waals surface area contributed by atoms with Crippen LogP contribution in [0.2, 0.25) is 0 Å². The van der Waals surface area contributed by atoms with Crippen LogP contribution in [-0.2, 0) is 26.1 Å². The average molecular weight is 448 g/mol. The summed E-state index contributed by atoms with van der Waals surface area (Å²) in [7, 11) is -2.72. The minimum absolute atomic E-state index is 0.168. The molecule has 0 aliphatic carbocycles. The second-order valence-electron chi connectivity index (χ2n) is 7.48. The van der Waals surface area contributed by atoms with Gasteiger partial charge in [0.2, 0.25) is 15.9 Å². The van der Waals surface area contributed by atoms with E-state index >= 15 is 0 Å². The van der Waals surface area contributed by atoms with Crippen molar-refractivity contribution < 1.29 is 22.7 Å². The van der Waals surface area contributed by atoms with E-state index in [0.29, 0.717) is 19.0 Å². The van der Waals surface area contributed by atoms with Gasteiger partial charge in [-0.05, 0) is 43.0 Å². The number of carbonyl (C=O) groups is 2. The first-order valence-electron chi connectivity index (χ1n) is 9.91. The van der Waals surface area contributed by atoms with Crippen molar-refractivity contribution in [1.29, 1.82) is 0 Å². The first kappa shape index (κ1) is 22.7. The minimum Gasteiger partial charge on any atom is -0.465 e. The van der Waals surface area contributed by atoms with Crippen molar-refractivity contribution in [2.45, 2.75) is 31.2 Å². The van der Waals surface area contributed by atoms with E-state index in [1.54, 1.807) is 12.1 Å². The van der Waals surface area contributed by atoms with Gasteiger partial charge < -0.3 is 14.6 Å². The van der Waals surface area contributed by atoms with E-state index in [1.807, 2.05) is 0 Å². The molecule has 0 radical (unpaired) electrons. The van der Waals surface area contributed by atoms with E-state index in [4.69, 9.17) is 4.74 Å². The number of sulfonamides is 1. The number of aromatic nitrogens is 1. The summed E-state index contributed by atoms with van der Waals surface area (Å²) < 4.78 is 33.0. The van der Waals surface area contributed by atoms with Crippen molar-refractivity contribution in [3.8, 4) is 0 Å². The van der Waals surface area contributed by atoms with Crippen LogP contribution in [0.25, 0.3) is 0 Å². The first-order chi connectivity index (χ1) is 14.7. The van der Waals surface area contributed by atoms with Gasteiger partial charge >= 0.3 is 5.97 Å². The number of amides is 1. The van der Waals surface area contributed by atoms with Gasteiger partial charge in [0, 0.05) is 19.3 Å². The summed E-state index contributed by atoms with van der Waals surface area (Å²) in [6.45, 7) is 2.39. The summed E-state index contributed by atoms with van der Waals surface area (Å²) in [5.74, 6) is -0.757. The van der Waals surface area contributed by atoms with Crippen LogP contribution in [0.15, 0.2) is 52.3 Å². The molecule has 1 aromatic heterocycles. The van der Waals surface area contributed by atoms with E-state index in [0.717, 1.165) is 17.4 Å². The Kier molecular flexibility index (Phi) is 6.91. The van der Waals surface area contributed by atoms with Crippen LogP contribution in [0.3, 0.4) is 0 Å². The fourth-order valence-electron chi connectivity index (χ4n) is 3.42. The Morgan fingerprint density at radius 2 is 1.81 bits per heavy atom. The summed E-state index contributed by atoms with van der Waals surface area (Å²) >= 11 is 0. The maximum Gasteiger partial charge on any atom is 0.339 e. The number of piperidine rings is 1. The number of pyridine rings is 1. The molecule has 0 unspecified atom stereocenters. The number of methoxy groups -OCH3 is 1. The molecule has 0 atom stereocenters. The van der Waals surface area contributed by atoms with Gasteiger partial charge in [-0.3, -0.25) is 9.59 Å². The molecule has 0 bridgehead atoms. The van der Waals surface area contributed by atoms with Crippen molar-refractivity contribution in [2.24, 2.45) is 5.92 Å². The summed E-state index contributed by atoms with van der Waals surface area (Å²) in [4.78, 5) is 36.8. The second kappa shape index (κ2) is 9.44. The fourth-order valence-corrected chi connectivity index (χ4v) is 4.98. The Bertz CT molecular complexity index is 1130. The van der Waals surface area contributed by atoms with E-state index in [9.17, 15) is 22.8 Å². The molecule has 1 amide bonds. The van der Waals surface area contributed by atoms with Crippen molar-refractivity contribution in [3.63, 3.8) is 0 Å². The van der Waals surface area contributed by atoms with Crippen molar-refractivity contribution in [2.75, 3.05) is 25.5 Å². The van der Waals surface area contributed by atoms with Gasteiger partial charge in [0.1, 0.15) is 11.4 Å². The standard InChI is InChI=1S/C21H25N3O6S/c1-15-9-12-24(13-10-15)31(28,29)18-8-5-11-23(20(18)26)14-19(25)22-17-7-4-3-6-16(17)21(27)30-2/h3-8,11,15H,9-10,12-14H2,1-2H3,(H,22,25). The molecule has 0 spiro atoms. The third kappa shape index (κ3) is 5.02. The fraction of sp³-hybridized carbons (Fsp3) is 0.381. The predicted molar refractivity (Wildman–Crippen MR) is 114 cm³/mol. The normalized spacial score (nSPS) is 15.4. The molecule has 31 heavy (non-hydrogen) atoms. The number of ether oxygens (including phenoxy) is 1. The number of nitrogens with one attached hydrogen (secondary N) is 1. The van der Waals surface area contributed by atoms with E-state index in [-0.39, 0.29) is 16.1 Å². The van der Waals surface area contributed by atoms with Crippen LogP contribution in [0.4, 0.5) is 5.69 Å². The number of hydrogen-bond acceptors (Lipinski definition) is 6. The van der Waals surface area contributed by atoms with Gasteiger partial charge in [-0.2, -0.15) is 4.31 Å². The second-order valence-corrected chi connectivity index (χ2v) is 9.38. The van der Waals surface area contributed by atoms with E-state index < -0.39 is 34.0 Å². The Hall–Kier alpha value is -2.98. The summed E-state index contributed by atoms with van der Waals surface area (Å²) in [6.07, 6.45) is 2.83. The number of nitrogens with zero attached hydrogens (tertiary/aromatic N) is 2. The maximum absolute atomic E-state index is 13.0. The summed E-state index contributed by atoms with van der Waals surface area (Å²) in [5.41, 5.74) is -0.363. The van der Waals surface area contributed by atoms with Crippen LogP contribution in [-0.4, -0.2) is 49.4 Å². The van der Waals surface area contributed by atoms with Gasteiger partial charge in [-0.1, -0.05) is 19.1 Å². The maximum atomic E-state index is 13.0. The highest BCUT2D eigenvalue weighted by Gasteiger charge is 2.30. The van der Waals surface area contributed by atoms with Gasteiger partial charge in [0.05, 0.1) is 18.4 Å². The molecular weight excluding hydrogens is 422 g/mol. The lowest BCUT2D eigenvalue weighted by Gasteiger charge is -2.29. The Balaban J connectivity index is 1.80. The molecule has 1 saturated heterocycles. The lowest BCUT2D eigenvalue weighted by atomic mass is 10.0. The van der Waals surface area contributed by atoms with E-state index in [2.05, 4.69) is 12.2 Å². The van der Waals surface area contributed by atoms with Crippen molar-refractivity contribution >= 4 is 27.6 Å². The van der Waals surface area contributed by atoms with Gasteiger partial charge in [0.25, 0.3) is 5.56 Å². The number of benzene rings is 1. The molecule has 10 heteroatoms. The largest absolute Gasteiger partial charge is 0.465 e. The van der Waals surface area contributed by atoms with Gasteiger partial charge in [0.15, 0.2) is 0 Å². The number of hydrogen-bond donors (Lipinski definition) is 1. The van der Waals surface area contributed by atoms with Crippen LogP contribution in [0.5, 0.6) is 0 Å². The zero-order valence-electron chi connectivity index (χ0n) is 17.4. The molecule has 1 aromatic carbocycles. The SMILES string of the molecule is COC(=O)c1ccccc1NC(=O)Cn1cccc(S(=O)(=O)N2CCC(C)CC2)c1=O. The predicted octanol–water partition coefficient (Wildman–Crippen LogP) is 1.69. The molecular formula is C21H25N3O6S. The number of para-hydroxylation sites is 1. The lowest BCUT2D eigenvalue weighted by Crippen LogP contribution is -2.41. The molecule has 2 heterocycles. The lowest BCUT2D eigenvalue weighted by molar-refractivity contribution is -0.116. The Morgan fingerprint density at radius 3 is 2.48 bits per heavy atom. The zero-order chi connectivity index (χ0) is 22.6. The Morgan fingerprint density at radius 1 is 1.13 bits per heavy atom. The first-order valence-corrected chi connectivity index (χ1v) is 11.3. The molecule has 0 saturated carbocycles. The van der Waals surface area contributed by atoms with Crippen LogP contribution < -0.4 is 10.9 Å². The molecule has 1 N–H and O–H groups in total. The third-order valence-electron chi connectivity index (χ3n) is 5.27. The molecule has 166 valence electrons. The van der Waals surface area contributed by atoms with E-state index in [1.165, 1.54) is 41.9 Å². The number of carbonyl (C=O) groups excluding carboxylic acids is 2. The number of rotatable bonds is 6. The topological polar surface area (TPSA) is 115 Å². The molecule has 1 aliphatic heterocycles.